The number of nitrogens with zero attached hydrogens (tertiary/aromatic N) is 2. The molecule has 0 saturated heterocycles. The lowest BCUT2D eigenvalue weighted by Crippen LogP contribution is -2.40. The van der Waals surface area contributed by atoms with Crippen molar-refractivity contribution in [3.63, 3.8) is 0 Å². The maximum absolute atomic E-state index is 13.8. The van der Waals surface area contributed by atoms with Gasteiger partial charge in [0.1, 0.15) is 5.75 Å². The van der Waals surface area contributed by atoms with E-state index in [1.807, 2.05) is 30.3 Å². The summed E-state index contributed by atoms with van der Waals surface area (Å²) in [5, 5.41) is 3.70. The second-order valence-electron chi connectivity index (χ2n) is 8.32. The molecule has 0 aliphatic carbocycles. The van der Waals surface area contributed by atoms with Crippen LogP contribution in [0.5, 0.6) is 5.75 Å². The van der Waals surface area contributed by atoms with Crippen LogP contribution in [0.2, 0.25) is 10.0 Å². The highest BCUT2D eigenvalue weighted by atomic mass is 35.5. The Labute approximate surface area is 226 Å². The molecule has 5 rings (SSSR count). The van der Waals surface area contributed by atoms with Crippen molar-refractivity contribution in [1.82, 2.24) is 4.57 Å². The van der Waals surface area contributed by atoms with Crippen LogP contribution in [0.3, 0.4) is 0 Å². The molecule has 0 spiro atoms. The fourth-order valence-corrected chi connectivity index (χ4v) is 5.61. The molecular weight excluding hydrogens is 529 g/mol. The number of anilines is 1. The molecule has 6 nitrogen and oxygen atoms in total. The van der Waals surface area contributed by atoms with E-state index in [1.165, 1.54) is 11.3 Å². The number of amides is 1. The van der Waals surface area contributed by atoms with Gasteiger partial charge >= 0.3 is 0 Å². The third-order valence-electron chi connectivity index (χ3n) is 6.00. The Morgan fingerprint density at radius 1 is 1.05 bits per heavy atom. The smallest absolute Gasteiger partial charge is 0.271 e. The van der Waals surface area contributed by atoms with Crippen LogP contribution in [0.15, 0.2) is 93.9 Å². The molecule has 1 atom stereocenters. The van der Waals surface area contributed by atoms with Crippen LogP contribution in [0, 0.1) is 0 Å². The van der Waals surface area contributed by atoms with Crippen molar-refractivity contribution >= 4 is 52.2 Å². The molecule has 4 aromatic rings. The predicted molar refractivity (Wildman–Crippen MR) is 148 cm³/mol. The lowest BCUT2D eigenvalue weighted by Gasteiger charge is -2.25. The summed E-state index contributed by atoms with van der Waals surface area (Å²) in [4.78, 5) is 32.5. The minimum absolute atomic E-state index is 0.280. The summed E-state index contributed by atoms with van der Waals surface area (Å²) in [6.45, 7) is 1.78. The zero-order chi connectivity index (χ0) is 26.1. The third-order valence-corrected chi connectivity index (χ3v) is 7.81. The second kappa shape index (κ2) is 10.4. The van der Waals surface area contributed by atoms with Crippen molar-refractivity contribution in [3.05, 3.63) is 125 Å². The number of thiazole rings is 1. The molecule has 1 aromatic heterocycles. The van der Waals surface area contributed by atoms with Crippen molar-refractivity contribution in [1.29, 1.82) is 0 Å². The molecule has 1 aliphatic rings. The number of allylic oxidation sites excluding steroid dienone is 1. The quantitative estimate of drug-likeness (QED) is 0.372. The normalized spacial score (nSPS) is 15.2. The Hall–Kier alpha value is -3.65. The average Bonchev–Trinajstić information content (AvgIpc) is 3.20. The monoisotopic (exact) mass is 549 g/mol. The van der Waals surface area contributed by atoms with Gasteiger partial charge in [-0.25, -0.2) is 4.99 Å². The van der Waals surface area contributed by atoms with Crippen molar-refractivity contribution in [2.75, 3.05) is 12.4 Å². The molecule has 9 heteroatoms. The summed E-state index contributed by atoms with van der Waals surface area (Å²) in [7, 11) is 1.59. The molecular formula is C28H21Cl2N3O3S. The number of para-hydroxylation sites is 1. The Balaban J connectivity index is 1.69. The van der Waals surface area contributed by atoms with E-state index < -0.39 is 6.04 Å². The lowest BCUT2D eigenvalue weighted by atomic mass is 9.95. The van der Waals surface area contributed by atoms with Crippen LogP contribution < -0.4 is 24.9 Å². The Morgan fingerprint density at radius 3 is 2.49 bits per heavy atom. The van der Waals surface area contributed by atoms with Gasteiger partial charge in [0.25, 0.3) is 11.5 Å². The van der Waals surface area contributed by atoms with E-state index in [9.17, 15) is 9.59 Å². The summed E-state index contributed by atoms with van der Waals surface area (Å²) < 4.78 is 7.30. The molecule has 37 heavy (non-hydrogen) atoms. The van der Waals surface area contributed by atoms with Gasteiger partial charge in [-0.15, -0.1) is 0 Å². The molecule has 2 heterocycles. The van der Waals surface area contributed by atoms with Gasteiger partial charge in [-0.05, 0) is 54.5 Å². The Kier molecular flexibility index (Phi) is 7.02. The number of benzene rings is 3. The van der Waals surface area contributed by atoms with Gasteiger partial charge in [-0.3, -0.25) is 14.2 Å². The summed E-state index contributed by atoms with van der Waals surface area (Å²) >= 11 is 13.8. The zero-order valence-electron chi connectivity index (χ0n) is 19.9. The first-order valence-corrected chi connectivity index (χ1v) is 12.9. The van der Waals surface area contributed by atoms with Crippen molar-refractivity contribution in [2.45, 2.75) is 13.0 Å². The van der Waals surface area contributed by atoms with Crippen LogP contribution in [0.4, 0.5) is 5.69 Å². The number of methoxy groups -OCH3 is 1. The fraction of sp³-hybridized carbons (Fsp3) is 0.107. The van der Waals surface area contributed by atoms with Gasteiger partial charge in [0.05, 0.1) is 39.0 Å². The van der Waals surface area contributed by atoms with E-state index in [2.05, 4.69) is 10.3 Å². The SMILES string of the molecule is COc1ccc([C@@H]2C(C(=O)Nc3ccccc3)=C(C)N=c3s/c(=C/c4cccc(Cl)c4Cl)c(=O)n32)cc1. The number of carbonyl (C=O) groups excluding carboxylic acids is 1. The van der Waals surface area contributed by atoms with Gasteiger partial charge < -0.3 is 10.1 Å². The number of hydrogen-bond donors (Lipinski definition) is 1. The van der Waals surface area contributed by atoms with Crippen LogP contribution in [0.25, 0.3) is 6.08 Å². The van der Waals surface area contributed by atoms with Crippen LogP contribution in [-0.4, -0.2) is 17.6 Å². The average molecular weight is 550 g/mol. The van der Waals surface area contributed by atoms with Crippen LogP contribution >= 0.6 is 34.5 Å². The van der Waals surface area contributed by atoms with Gasteiger partial charge in [0.15, 0.2) is 4.80 Å². The van der Waals surface area contributed by atoms with E-state index in [-0.39, 0.29) is 11.5 Å². The number of fused-ring (bicyclic) bond motifs is 1. The zero-order valence-corrected chi connectivity index (χ0v) is 22.2. The molecule has 1 amide bonds. The van der Waals surface area contributed by atoms with Crippen LogP contribution in [-0.2, 0) is 4.79 Å². The van der Waals surface area contributed by atoms with Gasteiger partial charge in [0.2, 0.25) is 0 Å². The summed E-state index contributed by atoms with van der Waals surface area (Å²) in [5.41, 5.74) is 2.66. The Bertz CT molecular complexity index is 1710. The van der Waals surface area contributed by atoms with Gasteiger partial charge in [-0.1, -0.05) is 77.0 Å². The topological polar surface area (TPSA) is 72.7 Å². The molecule has 186 valence electrons. The van der Waals surface area contributed by atoms with E-state index in [4.69, 9.17) is 27.9 Å². The Morgan fingerprint density at radius 2 is 1.78 bits per heavy atom. The summed E-state index contributed by atoms with van der Waals surface area (Å²) in [5.74, 6) is 0.336. The number of nitrogens with one attached hydrogen (secondary N) is 1. The van der Waals surface area contributed by atoms with Crippen LogP contribution in [0.1, 0.15) is 24.1 Å². The lowest BCUT2D eigenvalue weighted by molar-refractivity contribution is -0.113. The molecule has 1 N–H and O–H groups in total. The van der Waals surface area contributed by atoms with Crippen molar-refractivity contribution in [2.24, 2.45) is 4.99 Å². The van der Waals surface area contributed by atoms with E-state index in [0.717, 1.165) is 5.56 Å². The molecule has 0 radical (unpaired) electrons. The number of hydrogen-bond acceptors (Lipinski definition) is 5. The summed E-state index contributed by atoms with van der Waals surface area (Å²) in [6, 6.07) is 21.0. The number of halogens is 2. The highest BCUT2D eigenvalue weighted by Crippen LogP contribution is 2.32. The van der Waals surface area contributed by atoms with Gasteiger partial charge in [-0.2, -0.15) is 0 Å². The number of aromatic nitrogens is 1. The second-order valence-corrected chi connectivity index (χ2v) is 10.1. The number of rotatable bonds is 5. The van der Waals surface area contributed by atoms with Crippen molar-refractivity contribution < 1.29 is 9.53 Å². The first-order chi connectivity index (χ1) is 17.9. The highest BCUT2D eigenvalue weighted by Gasteiger charge is 2.32. The molecule has 3 aromatic carbocycles. The standard InChI is InChI=1S/C28H21Cl2N3O3S/c1-16-23(26(34)32-19-8-4-3-5-9-19)25(17-11-13-20(36-2)14-12-17)33-27(35)22(37-28(33)31-16)15-18-7-6-10-21(29)24(18)30/h3-15,25H,1-2H3,(H,32,34)/b22-15+/t25-/m1/s1. The molecule has 0 bridgehead atoms. The highest BCUT2D eigenvalue weighted by molar-refractivity contribution is 7.07. The summed E-state index contributed by atoms with van der Waals surface area (Å²) in [6.07, 6.45) is 1.70. The molecule has 1 aliphatic heterocycles. The largest absolute Gasteiger partial charge is 0.497 e. The number of carbonyl (C=O) groups is 1. The minimum Gasteiger partial charge on any atom is -0.497 e. The van der Waals surface area contributed by atoms with Gasteiger partial charge in [0, 0.05) is 5.69 Å². The maximum Gasteiger partial charge on any atom is 0.271 e. The van der Waals surface area contributed by atoms with E-state index >= 15 is 0 Å². The maximum atomic E-state index is 13.8. The molecule has 0 fully saturated rings. The predicted octanol–water partition coefficient (Wildman–Crippen LogP) is 5.19. The van der Waals surface area contributed by atoms with E-state index in [1.54, 1.807) is 67.1 Å². The van der Waals surface area contributed by atoms with E-state index in [0.29, 0.717) is 47.6 Å². The third kappa shape index (κ3) is 4.85. The molecule has 0 saturated carbocycles. The number of ether oxygens (including phenoxy) is 1. The first kappa shape index (κ1) is 25.0. The molecule has 0 unspecified atom stereocenters. The minimum atomic E-state index is -0.692. The first-order valence-electron chi connectivity index (χ1n) is 11.3. The van der Waals surface area contributed by atoms with Crippen molar-refractivity contribution in [3.8, 4) is 5.75 Å². The fourth-order valence-electron chi connectivity index (χ4n) is 4.21.